The first-order valence-corrected chi connectivity index (χ1v) is 8.82. The van der Waals surface area contributed by atoms with Gasteiger partial charge in [0.1, 0.15) is 6.17 Å². The van der Waals surface area contributed by atoms with Gasteiger partial charge >= 0.3 is 0 Å². The molecule has 1 fully saturated rings. The summed E-state index contributed by atoms with van der Waals surface area (Å²) in [6, 6.07) is 6.25. The van der Waals surface area contributed by atoms with Crippen LogP contribution in [0.2, 0.25) is 0 Å². The molecule has 1 aromatic carbocycles. The van der Waals surface area contributed by atoms with Crippen LogP contribution in [-0.4, -0.2) is 11.7 Å². The van der Waals surface area contributed by atoms with Gasteiger partial charge in [-0.2, -0.15) is 0 Å². The van der Waals surface area contributed by atoms with Gasteiger partial charge in [0.25, 0.3) is 0 Å². The van der Waals surface area contributed by atoms with Crippen LogP contribution in [0.1, 0.15) is 51.0 Å². The standard InChI is InChI=1S/C21H27FN2/c1-4-17(9-7-8-15(2)22)24-20-14-16(23)11-12-18(20)19-10-5-6-13-21(19,24)3/h4,7-9,11-12,14-15,19H,1,5-6,10,13,23H2,2-3H3/b8-7+,17-9+. The van der Waals surface area contributed by atoms with Crippen molar-refractivity contribution in [2.24, 2.45) is 0 Å². The van der Waals surface area contributed by atoms with Crippen molar-refractivity contribution in [3.05, 3.63) is 60.3 Å². The largest absolute Gasteiger partial charge is 0.399 e. The number of rotatable bonds is 4. The molecule has 0 spiro atoms. The van der Waals surface area contributed by atoms with Crippen molar-refractivity contribution in [1.29, 1.82) is 0 Å². The second-order valence-corrected chi connectivity index (χ2v) is 7.17. The molecule has 2 N–H and O–H groups in total. The summed E-state index contributed by atoms with van der Waals surface area (Å²) in [6.45, 7) is 7.87. The van der Waals surface area contributed by atoms with E-state index in [4.69, 9.17) is 5.73 Å². The Morgan fingerprint density at radius 3 is 2.96 bits per heavy atom. The molecule has 0 radical (unpaired) electrons. The van der Waals surface area contributed by atoms with E-state index in [9.17, 15) is 4.39 Å². The molecule has 3 atom stereocenters. The fourth-order valence-corrected chi connectivity index (χ4v) is 4.37. The van der Waals surface area contributed by atoms with Crippen LogP contribution in [0.5, 0.6) is 0 Å². The fourth-order valence-electron chi connectivity index (χ4n) is 4.37. The lowest BCUT2D eigenvalue weighted by Crippen LogP contribution is -2.47. The lowest BCUT2D eigenvalue weighted by atomic mass is 9.73. The first kappa shape index (κ1) is 16.8. The van der Waals surface area contributed by atoms with Crippen LogP contribution in [0.3, 0.4) is 0 Å². The molecule has 2 nitrogen and oxygen atoms in total. The number of benzene rings is 1. The number of hydrogen-bond donors (Lipinski definition) is 1. The minimum Gasteiger partial charge on any atom is -0.399 e. The maximum absolute atomic E-state index is 13.1. The Labute approximate surface area is 144 Å². The quantitative estimate of drug-likeness (QED) is 0.585. The Morgan fingerprint density at radius 1 is 1.46 bits per heavy atom. The van der Waals surface area contributed by atoms with Crippen molar-refractivity contribution in [2.75, 3.05) is 10.6 Å². The highest BCUT2D eigenvalue weighted by Crippen LogP contribution is 2.56. The van der Waals surface area contributed by atoms with E-state index in [0.29, 0.717) is 5.92 Å². The number of nitrogens with zero attached hydrogens (tertiary/aromatic N) is 1. The van der Waals surface area contributed by atoms with E-state index in [2.05, 4.69) is 30.5 Å². The predicted molar refractivity (Wildman–Crippen MR) is 101 cm³/mol. The van der Waals surface area contributed by atoms with Crippen LogP contribution >= 0.6 is 0 Å². The molecule has 1 aromatic rings. The maximum Gasteiger partial charge on any atom is 0.116 e. The van der Waals surface area contributed by atoms with E-state index >= 15 is 0 Å². The number of anilines is 2. The topological polar surface area (TPSA) is 29.3 Å². The summed E-state index contributed by atoms with van der Waals surface area (Å²) in [7, 11) is 0. The lowest BCUT2D eigenvalue weighted by molar-refractivity contribution is 0.286. The number of nitrogen functional groups attached to an aromatic ring is 1. The Bertz CT molecular complexity index is 689. The van der Waals surface area contributed by atoms with Gasteiger partial charge in [0, 0.05) is 28.5 Å². The monoisotopic (exact) mass is 326 g/mol. The molecule has 24 heavy (non-hydrogen) atoms. The molecule has 2 aliphatic rings. The zero-order chi connectivity index (χ0) is 17.3. The number of fused-ring (bicyclic) bond motifs is 3. The zero-order valence-electron chi connectivity index (χ0n) is 14.6. The van der Waals surface area contributed by atoms with Crippen LogP contribution in [0.4, 0.5) is 15.8 Å². The molecule has 1 aliphatic carbocycles. The van der Waals surface area contributed by atoms with E-state index in [1.807, 2.05) is 18.2 Å². The zero-order valence-corrected chi connectivity index (χ0v) is 14.6. The van der Waals surface area contributed by atoms with Crippen molar-refractivity contribution in [3.8, 4) is 0 Å². The van der Waals surface area contributed by atoms with E-state index < -0.39 is 6.17 Å². The summed E-state index contributed by atoms with van der Waals surface area (Å²) < 4.78 is 13.1. The van der Waals surface area contributed by atoms with Crippen molar-refractivity contribution >= 4 is 11.4 Å². The van der Waals surface area contributed by atoms with Gasteiger partial charge in [-0.15, -0.1) is 0 Å². The summed E-state index contributed by atoms with van der Waals surface area (Å²) in [5.41, 5.74) is 10.4. The minimum atomic E-state index is -0.952. The average Bonchev–Trinajstić information content (AvgIpc) is 2.79. The van der Waals surface area contributed by atoms with E-state index in [1.54, 1.807) is 12.2 Å². The molecule has 0 saturated heterocycles. The van der Waals surface area contributed by atoms with Crippen molar-refractivity contribution in [3.63, 3.8) is 0 Å². The van der Waals surface area contributed by atoms with E-state index in [-0.39, 0.29) is 5.54 Å². The molecular formula is C21H27FN2. The number of halogens is 1. The average molecular weight is 326 g/mol. The predicted octanol–water partition coefficient (Wildman–Crippen LogP) is 5.49. The van der Waals surface area contributed by atoms with Crippen molar-refractivity contribution in [2.45, 2.75) is 57.2 Å². The summed E-state index contributed by atoms with van der Waals surface area (Å²) in [5, 5.41) is 0. The van der Waals surface area contributed by atoms with Crippen molar-refractivity contribution < 1.29 is 4.39 Å². The lowest BCUT2D eigenvalue weighted by Gasteiger charge is -2.44. The third-order valence-electron chi connectivity index (χ3n) is 5.47. The number of nitrogens with two attached hydrogens (primary N) is 1. The molecule has 1 saturated carbocycles. The summed E-state index contributed by atoms with van der Waals surface area (Å²) in [5.74, 6) is 0.509. The Hall–Kier alpha value is -2.03. The van der Waals surface area contributed by atoms with Crippen molar-refractivity contribution in [1.82, 2.24) is 0 Å². The highest BCUT2D eigenvalue weighted by molar-refractivity contribution is 5.73. The molecule has 3 heteroatoms. The van der Waals surface area contributed by atoms with Gasteiger partial charge in [0.05, 0.1) is 0 Å². The molecule has 0 aromatic heterocycles. The normalized spacial score (nSPS) is 27.9. The van der Waals surface area contributed by atoms with Gasteiger partial charge in [-0.3, -0.25) is 0 Å². The van der Waals surface area contributed by atoms with Crippen LogP contribution in [0.25, 0.3) is 0 Å². The second kappa shape index (κ2) is 6.46. The Balaban J connectivity index is 2.10. The van der Waals surface area contributed by atoms with E-state index in [0.717, 1.165) is 17.8 Å². The van der Waals surface area contributed by atoms with Gasteiger partial charge in [-0.1, -0.05) is 37.6 Å². The number of allylic oxidation sites excluding steroid dienone is 4. The molecule has 3 rings (SSSR count). The Morgan fingerprint density at radius 2 is 2.25 bits per heavy atom. The summed E-state index contributed by atoms with van der Waals surface area (Å²) in [6.07, 6.45) is 11.0. The SMILES string of the molecule is C=C/C(=C\C=C\C(C)F)N1c2cc(N)ccc2C2CCCCC21C. The number of alkyl halides is 1. The van der Waals surface area contributed by atoms with Gasteiger partial charge in [0.2, 0.25) is 0 Å². The van der Waals surface area contributed by atoms with Crippen LogP contribution in [0, 0.1) is 0 Å². The highest BCUT2D eigenvalue weighted by atomic mass is 19.1. The first-order valence-electron chi connectivity index (χ1n) is 8.82. The molecule has 1 aliphatic heterocycles. The van der Waals surface area contributed by atoms with Gasteiger partial charge in [-0.05, 0) is 56.5 Å². The summed E-state index contributed by atoms with van der Waals surface area (Å²) >= 11 is 0. The van der Waals surface area contributed by atoms with Gasteiger partial charge in [-0.25, -0.2) is 4.39 Å². The molecule has 1 heterocycles. The van der Waals surface area contributed by atoms with E-state index in [1.165, 1.54) is 37.4 Å². The van der Waals surface area contributed by atoms with Gasteiger partial charge < -0.3 is 10.6 Å². The minimum absolute atomic E-state index is 0.0313. The highest BCUT2D eigenvalue weighted by Gasteiger charge is 2.49. The van der Waals surface area contributed by atoms with Crippen LogP contribution in [0.15, 0.2) is 54.8 Å². The van der Waals surface area contributed by atoms with Crippen LogP contribution < -0.4 is 10.6 Å². The Kier molecular flexibility index (Phi) is 4.53. The molecule has 128 valence electrons. The maximum atomic E-state index is 13.1. The molecule has 3 unspecified atom stereocenters. The van der Waals surface area contributed by atoms with Crippen LogP contribution in [-0.2, 0) is 0 Å². The first-order chi connectivity index (χ1) is 11.5. The van der Waals surface area contributed by atoms with Gasteiger partial charge in [0.15, 0.2) is 0 Å². The molecular weight excluding hydrogens is 299 g/mol. The summed E-state index contributed by atoms with van der Waals surface area (Å²) in [4.78, 5) is 2.38. The second-order valence-electron chi connectivity index (χ2n) is 7.17. The molecule has 0 amide bonds. The smallest absolute Gasteiger partial charge is 0.116 e. The fraction of sp³-hybridized carbons (Fsp3) is 0.429. The number of hydrogen-bond acceptors (Lipinski definition) is 2. The molecule has 0 bridgehead atoms. The third-order valence-corrected chi connectivity index (χ3v) is 5.47. The third kappa shape index (κ3) is 2.77.